The smallest absolute Gasteiger partial charge is 0.332 e. The van der Waals surface area contributed by atoms with Gasteiger partial charge in [-0.05, 0) is 18.2 Å². The molecular formula is C19H18ClN5O4S. The average Bonchev–Trinajstić information content (AvgIpc) is 2.72. The van der Waals surface area contributed by atoms with Gasteiger partial charge in [-0.1, -0.05) is 29.4 Å². The molecule has 2 aromatic heterocycles. The summed E-state index contributed by atoms with van der Waals surface area (Å²) in [4.78, 5) is 54.4. The number of nitrogens with zero attached hydrogens (tertiary/aromatic N) is 4. The van der Waals surface area contributed by atoms with Crippen molar-refractivity contribution in [2.24, 2.45) is 14.1 Å². The first-order valence-electron chi connectivity index (χ1n) is 8.69. The van der Waals surface area contributed by atoms with Crippen molar-refractivity contribution in [3.63, 3.8) is 0 Å². The van der Waals surface area contributed by atoms with E-state index in [-0.39, 0.29) is 34.4 Å². The van der Waals surface area contributed by atoms with Gasteiger partial charge in [0.05, 0.1) is 16.7 Å². The van der Waals surface area contributed by atoms with Gasteiger partial charge in [0.15, 0.2) is 10.9 Å². The monoisotopic (exact) mass is 447 g/mol. The molecule has 1 aromatic carbocycles. The lowest BCUT2D eigenvalue weighted by Crippen LogP contribution is -2.41. The van der Waals surface area contributed by atoms with Crippen LogP contribution in [0.15, 0.2) is 50.4 Å². The second-order valence-corrected chi connectivity index (χ2v) is 7.82. The van der Waals surface area contributed by atoms with E-state index in [0.29, 0.717) is 15.9 Å². The third-order valence-electron chi connectivity index (χ3n) is 4.51. The number of ketones is 1. The highest BCUT2D eigenvalue weighted by Crippen LogP contribution is 2.21. The van der Waals surface area contributed by atoms with Crippen molar-refractivity contribution in [1.29, 1.82) is 0 Å². The number of halogens is 1. The zero-order chi connectivity index (χ0) is 22.2. The van der Waals surface area contributed by atoms with Crippen LogP contribution in [0, 0.1) is 0 Å². The molecule has 9 nitrogen and oxygen atoms in total. The lowest BCUT2D eigenvalue weighted by atomic mass is 10.2. The maximum atomic E-state index is 12.8. The third kappa shape index (κ3) is 3.71. The molecular weight excluding hydrogens is 430 g/mol. The molecule has 3 aromatic rings. The van der Waals surface area contributed by atoms with Crippen LogP contribution in [0.5, 0.6) is 0 Å². The van der Waals surface area contributed by atoms with E-state index in [1.807, 2.05) is 0 Å². The number of anilines is 1. The van der Waals surface area contributed by atoms with Gasteiger partial charge in [-0.2, -0.15) is 0 Å². The van der Waals surface area contributed by atoms with Crippen molar-refractivity contribution in [2.45, 2.75) is 11.7 Å². The van der Waals surface area contributed by atoms with Gasteiger partial charge in [0, 0.05) is 25.7 Å². The third-order valence-corrected chi connectivity index (χ3v) is 5.73. The molecule has 0 aliphatic carbocycles. The molecule has 0 saturated carbocycles. The topological polar surface area (TPSA) is 122 Å². The summed E-state index contributed by atoms with van der Waals surface area (Å²) in [6, 6.07) is 4.76. The van der Waals surface area contributed by atoms with Crippen LogP contribution < -0.4 is 22.5 Å². The highest BCUT2D eigenvalue weighted by Gasteiger charge is 2.21. The lowest BCUT2D eigenvalue weighted by molar-refractivity contribution is 0.102. The lowest BCUT2D eigenvalue weighted by Gasteiger charge is -2.13. The number of Topliss-reactive ketones (excluding diaryl/α,β-unsaturated/α-hetero) is 1. The molecule has 0 bridgehead atoms. The Balaban J connectivity index is 2.03. The van der Waals surface area contributed by atoms with Gasteiger partial charge in [0.1, 0.15) is 11.4 Å². The second kappa shape index (κ2) is 8.33. The van der Waals surface area contributed by atoms with Gasteiger partial charge in [0.2, 0.25) is 0 Å². The van der Waals surface area contributed by atoms with E-state index in [9.17, 15) is 19.2 Å². The van der Waals surface area contributed by atoms with E-state index in [4.69, 9.17) is 17.3 Å². The van der Waals surface area contributed by atoms with E-state index in [0.717, 1.165) is 20.9 Å². The quantitative estimate of drug-likeness (QED) is 0.260. The summed E-state index contributed by atoms with van der Waals surface area (Å²) < 4.78 is 3.22. The average molecular weight is 448 g/mol. The van der Waals surface area contributed by atoms with Crippen molar-refractivity contribution in [1.82, 2.24) is 18.7 Å². The number of aromatic nitrogens is 4. The Kier molecular flexibility index (Phi) is 5.99. The molecule has 2 heterocycles. The van der Waals surface area contributed by atoms with Gasteiger partial charge in [-0.15, -0.1) is 6.58 Å². The summed E-state index contributed by atoms with van der Waals surface area (Å²) in [5, 5.41) is 1.03. The zero-order valence-corrected chi connectivity index (χ0v) is 17.8. The summed E-state index contributed by atoms with van der Waals surface area (Å²) in [5.74, 6) is -0.997. The number of carbonyl (C=O) groups is 1. The number of carbonyl (C=O) groups excluding carboxylic acids is 1. The minimum absolute atomic E-state index is 0.175. The van der Waals surface area contributed by atoms with Crippen LogP contribution in [0.4, 0.5) is 5.82 Å². The first kappa shape index (κ1) is 21.6. The van der Waals surface area contributed by atoms with Gasteiger partial charge in [0.25, 0.3) is 11.1 Å². The fourth-order valence-corrected chi connectivity index (χ4v) is 3.95. The van der Waals surface area contributed by atoms with E-state index in [1.54, 1.807) is 12.1 Å². The fourth-order valence-electron chi connectivity index (χ4n) is 2.90. The predicted octanol–water partition coefficient (Wildman–Crippen LogP) is 1.19. The number of nitrogens with two attached hydrogens (primary N) is 1. The summed E-state index contributed by atoms with van der Waals surface area (Å²) in [5.41, 5.74) is 4.26. The Morgan fingerprint density at radius 3 is 2.60 bits per heavy atom. The molecule has 0 fully saturated rings. The standard InChI is InChI=1S/C19H18ClN5O4S/c1-4-7-25-16(27)11-8-10(20)5-6-12(11)22-18(25)30-9-13(26)14-15(21)23(2)19(29)24(3)17(14)28/h4-6,8H,1,7,9,21H2,2-3H3. The fraction of sp³-hybridized carbons (Fsp3) is 0.211. The Bertz CT molecular complexity index is 1370. The van der Waals surface area contributed by atoms with Crippen LogP contribution >= 0.6 is 23.4 Å². The summed E-state index contributed by atoms with van der Waals surface area (Å²) in [7, 11) is 2.64. The molecule has 0 aliphatic rings. The molecule has 0 unspecified atom stereocenters. The van der Waals surface area contributed by atoms with Crippen LogP contribution in [0.2, 0.25) is 5.02 Å². The van der Waals surface area contributed by atoms with Gasteiger partial charge in [-0.25, -0.2) is 9.78 Å². The Hall–Kier alpha value is -3.11. The van der Waals surface area contributed by atoms with Crippen LogP contribution in [0.1, 0.15) is 10.4 Å². The summed E-state index contributed by atoms with van der Waals surface area (Å²) in [6.45, 7) is 3.82. The van der Waals surface area contributed by atoms with E-state index < -0.39 is 17.0 Å². The minimum atomic E-state index is -0.772. The number of hydrogen-bond donors (Lipinski definition) is 1. The van der Waals surface area contributed by atoms with E-state index in [2.05, 4.69) is 11.6 Å². The molecule has 0 radical (unpaired) electrons. The zero-order valence-electron chi connectivity index (χ0n) is 16.2. The highest BCUT2D eigenvalue weighted by molar-refractivity contribution is 7.99. The van der Waals surface area contributed by atoms with Gasteiger partial charge < -0.3 is 5.73 Å². The molecule has 0 saturated heterocycles. The van der Waals surface area contributed by atoms with Crippen molar-refractivity contribution in [3.8, 4) is 0 Å². The normalized spacial score (nSPS) is 11.0. The Labute approximate surface area is 179 Å². The Morgan fingerprint density at radius 2 is 1.93 bits per heavy atom. The molecule has 156 valence electrons. The summed E-state index contributed by atoms with van der Waals surface area (Å²) >= 11 is 6.97. The van der Waals surface area contributed by atoms with Gasteiger partial charge >= 0.3 is 5.69 Å². The van der Waals surface area contributed by atoms with Crippen molar-refractivity contribution < 1.29 is 4.79 Å². The van der Waals surface area contributed by atoms with Crippen molar-refractivity contribution in [2.75, 3.05) is 11.5 Å². The molecule has 30 heavy (non-hydrogen) atoms. The molecule has 11 heteroatoms. The van der Waals surface area contributed by atoms with Crippen LogP contribution in [-0.4, -0.2) is 30.2 Å². The first-order chi connectivity index (χ1) is 14.2. The minimum Gasteiger partial charge on any atom is -0.384 e. The maximum absolute atomic E-state index is 12.8. The molecule has 3 rings (SSSR count). The maximum Gasteiger partial charge on any atom is 0.332 e. The number of nitrogen functional groups attached to an aromatic ring is 1. The summed E-state index contributed by atoms with van der Waals surface area (Å²) in [6.07, 6.45) is 1.53. The number of allylic oxidation sites excluding steroid dienone is 1. The van der Waals surface area contributed by atoms with E-state index >= 15 is 0 Å². The molecule has 0 atom stereocenters. The first-order valence-corrected chi connectivity index (χ1v) is 10.1. The SMILES string of the molecule is C=CCn1c(SCC(=O)c2c(N)n(C)c(=O)n(C)c2=O)nc2ccc(Cl)cc2c1=O. The van der Waals surface area contributed by atoms with Crippen molar-refractivity contribution in [3.05, 3.63) is 72.6 Å². The van der Waals surface area contributed by atoms with Crippen molar-refractivity contribution >= 4 is 45.9 Å². The van der Waals surface area contributed by atoms with Gasteiger partial charge in [-0.3, -0.25) is 28.1 Å². The number of rotatable bonds is 6. The number of thioether (sulfide) groups is 1. The molecule has 2 N–H and O–H groups in total. The largest absolute Gasteiger partial charge is 0.384 e. The molecule has 0 aliphatic heterocycles. The predicted molar refractivity (Wildman–Crippen MR) is 118 cm³/mol. The molecule has 0 spiro atoms. The number of fused-ring (bicyclic) bond motifs is 1. The van der Waals surface area contributed by atoms with Crippen LogP contribution in [0.25, 0.3) is 10.9 Å². The van der Waals surface area contributed by atoms with Crippen LogP contribution in [-0.2, 0) is 20.6 Å². The highest BCUT2D eigenvalue weighted by atomic mass is 35.5. The number of benzene rings is 1. The second-order valence-electron chi connectivity index (χ2n) is 6.44. The van der Waals surface area contributed by atoms with Crippen LogP contribution in [0.3, 0.4) is 0 Å². The Morgan fingerprint density at radius 1 is 1.23 bits per heavy atom. The molecule has 0 amide bonds. The number of hydrogen-bond acceptors (Lipinski definition) is 7. The van der Waals surface area contributed by atoms with E-state index in [1.165, 1.54) is 30.8 Å².